The predicted octanol–water partition coefficient (Wildman–Crippen LogP) is 1.08. The molecule has 78 valence electrons. The minimum Gasteiger partial charge on any atom is -0.353 e. The van der Waals surface area contributed by atoms with Crippen LogP contribution < -0.4 is 10.6 Å². The topological polar surface area (TPSA) is 41.1 Å². The first-order chi connectivity index (χ1) is 5.83. The van der Waals surface area contributed by atoms with Crippen LogP contribution in [0.4, 0.5) is 0 Å². The fourth-order valence-corrected chi connectivity index (χ4v) is 1.49. The summed E-state index contributed by atoms with van der Waals surface area (Å²) in [6.45, 7) is 4.11. The Balaban J connectivity index is 0.00000144. The van der Waals surface area contributed by atoms with E-state index < -0.39 is 0 Å². The molecule has 2 N–H and O–H groups in total. The summed E-state index contributed by atoms with van der Waals surface area (Å²) < 4.78 is 0. The van der Waals surface area contributed by atoms with Crippen LogP contribution in [0.2, 0.25) is 0 Å². The molecule has 0 spiro atoms. The van der Waals surface area contributed by atoms with E-state index in [9.17, 15) is 4.79 Å². The first-order valence-corrected chi connectivity index (χ1v) is 4.83. The lowest BCUT2D eigenvalue weighted by molar-refractivity contribution is -0.121. The monoisotopic (exact) mass is 206 g/mol. The molecule has 1 aliphatic rings. The lowest BCUT2D eigenvalue weighted by Crippen LogP contribution is -2.42. The number of piperidine rings is 1. The SMILES string of the molecule is CCCC(=O)NC1CCNCC1.Cl. The highest BCUT2D eigenvalue weighted by Gasteiger charge is 2.14. The van der Waals surface area contributed by atoms with Crippen molar-refractivity contribution in [2.24, 2.45) is 0 Å². The molecule has 1 saturated heterocycles. The number of carbonyl (C=O) groups is 1. The molecule has 1 fully saturated rings. The molecule has 0 aromatic carbocycles. The maximum Gasteiger partial charge on any atom is 0.220 e. The second kappa shape index (κ2) is 7.15. The summed E-state index contributed by atoms with van der Waals surface area (Å²) in [6.07, 6.45) is 3.77. The molecular weight excluding hydrogens is 188 g/mol. The maximum absolute atomic E-state index is 11.2. The van der Waals surface area contributed by atoms with Crippen molar-refractivity contribution < 1.29 is 4.79 Å². The number of amides is 1. The van der Waals surface area contributed by atoms with Gasteiger partial charge in [0.05, 0.1) is 0 Å². The van der Waals surface area contributed by atoms with E-state index in [2.05, 4.69) is 10.6 Å². The number of hydrogen-bond donors (Lipinski definition) is 2. The summed E-state index contributed by atoms with van der Waals surface area (Å²) in [7, 11) is 0. The van der Waals surface area contributed by atoms with Crippen molar-refractivity contribution in [1.82, 2.24) is 10.6 Å². The standard InChI is InChI=1S/C9H18N2O.ClH/c1-2-3-9(12)11-8-4-6-10-7-5-8;/h8,10H,2-7H2,1H3,(H,11,12);1H. The fourth-order valence-electron chi connectivity index (χ4n) is 1.49. The molecular formula is C9H19ClN2O. The van der Waals surface area contributed by atoms with Gasteiger partial charge < -0.3 is 10.6 Å². The summed E-state index contributed by atoms with van der Waals surface area (Å²) in [6, 6.07) is 0.422. The molecule has 4 heteroatoms. The van der Waals surface area contributed by atoms with Crippen molar-refractivity contribution in [3.05, 3.63) is 0 Å². The first-order valence-electron chi connectivity index (χ1n) is 4.83. The van der Waals surface area contributed by atoms with Crippen LogP contribution in [-0.2, 0) is 4.79 Å². The number of hydrogen-bond acceptors (Lipinski definition) is 2. The predicted molar refractivity (Wildman–Crippen MR) is 56.2 cm³/mol. The Morgan fingerprint density at radius 2 is 2.08 bits per heavy atom. The summed E-state index contributed by atoms with van der Waals surface area (Å²) in [5.41, 5.74) is 0. The largest absolute Gasteiger partial charge is 0.353 e. The third kappa shape index (κ3) is 5.11. The van der Waals surface area contributed by atoms with Gasteiger partial charge in [-0.2, -0.15) is 0 Å². The molecule has 1 heterocycles. The average molecular weight is 207 g/mol. The fraction of sp³-hybridized carbons (Fsp3) is 0.889. The zero-order valence-corrected chi connectivity index (χ0v) is 8.95. The Bertz CT molecular complexity index is 147. The Labute approximate surface area is 86.1 Å². The molecule has 1 amide bonds. The molecule has 0 atom stereocenters. The minimum absolute atomic E-state index is 0. The van der Waals surface area contributed by atoms with Crippen LogP contribution in [0, 0.1) is 0 Å². The molecule has 0 aromatic rings. The Kier molecular flexibility index (Phi) is 7.00. The van der Waals surface area contributed by atoms with Crippen molar-refractivity contribution in [2.45, 2.75) is 38.6 Å². The highest BCUT2D eigenvalue weighted by molar-refractivity contribution is 5.85. The van der Waals surface area contributed by atoms with Crippen molar-refractivity contribution >= 4 is 18.3 Å². The number of nitrogens with one attached hydrogen (secondary N) is 2. The third-order valence-electron chi connectivity index (χ3n) is 2.18. The van der Waals surface area contributed by atoms with Gasteiger partial charge in [0.2, 0.25) is 5.91 Å². The number of carbonyl (C=O) groups excluding carboxylic acids is 1. The van der Waals surface area contributed by atoms with Crippen LogP contribution in [0.15, 0.2) is 0 Å². The van der Waals surface area contributed by atoms with E-state index in [-0.39, 0.29) is 18.3 Å². The van der Waals surface area contributed by atoms with Crippen molar-refractivity contribution in [2.75, 3.05) is 13.1 Å². The van der Waals surface area contributed by atoms with Crippen LogP contribution in [-0.4, -0.2) is 25.0 Å². The molecule has 0 bridgehead atoms. The van der Waals surface area contributed by atoms with Crippen molar-refractivity contribution in [1.29, 1.82) is 0 Å². The maximum atomic E-state index is 11.2. The van der Waals surface area contributed by atoms with Crippen molar-refractivity contribution in [3.8, 4) is 0 Å². The van der Waals surface area contributed by atoms with Crippen LogP contribution >= 0.6 is 12.4 Å². The van der Waals surface area contributed by atoms with Gasteiger partial charge in [0, 0.05) is 12.5 Å². The molecule has 1 rings (SSSR count). The molecule has 0 radical (unpaired) electrons. The Hall–Kier alpha value is -0.280. The van der Waals surface area contributed by atoms with E-state index in [0.717, 1.165) is 32.4 Å². The van der Waals surface area contributed by atoms with Gasteiger partial charge in [-0.15, -0.1) is 12.4 Å². The van der Waals surface area contributed by atoms with E-state index >= 15 is 0 Å². The van der Waals surface area contributed by atoms with E-state index in [4.69, 9.17) is 0 Å². The van der Waals surface area contributed by atoms with Crippen LogP contribution in [0.3, 0.4) is 0 Å². The molecule has 0 unspecified atom stereocenters. The first kappa shape index (κ1) is 12.7. The third-order valence-corrected chi connectivity index (χ3v) is 2.18. The molecule has 3 nitrogen and oxygen atoms in total. The highest BCUT2D eigenvalue weighted by atomic mass is 35.5. The quantitative estimate of drug-likeness (QED) is 0.726. The Morgan fingerprint density at radius 1 is 1.46 bits per heavy atom. The number of rotatable bonds is 3. The average Bonchev–Trinajstić information content (AvgIpc) is 2.06. The van der Waals surface area contributed by atoms with Gasteiger partial charge in [-0.3, -0.25) is 4.79 Å². The van der Waals surface area contributed by atoms with Crippen LogP contribution in [0.25, 0.3) is 0 Å². The van der Waals surface area contributed by atoms with E-state index in [1.807, 2.05) is 6.92 Å². The summed E-state index contributed by atoms with van der Waals surface area (Å²) in [4.78, 5) is 11.2. The smallest absolute Gasteiger partial charge is 0.220 e. The van der Waals surface area contributed by atoms with Gasteiger partial charge >= 0.3 is 0 Å². The van der Waals surface area contributed by atoms with Gasteiger partial charge in [0.15, 0.2) is 0 Å². The second-order valence-corrected chi connectivity index (χ2v) is 3.34. The lowest BCUT2D eigenvalue weighted by Gasteiger charge is -2.23. The molecule has 13 heavy (non-hydrogen) atoms. The minimum atomic E-state index is 0. The zero-order chi connectivity index (χ0) is 8.81. The van der Waals surface area contributed by atoms with E-state index in [0.29, 0.717) is 12.5 Å². The van der Waals surface area contributed by atoms with E-state index in [1.165, 1.54) is 0 Å². The summed E-state index contributed by atoms with van der Waals surface area (Å²) in [5, 5.41) is 6.31. The Morgan fingerprint density at radius 3 is 2.62 bits per heavy atom. The normalized spacial score (nSPS) is 17.6. The summed E-state index contributed by atoms with van der Waals surface area (Å²) in [5.74, 6) is 0.212. The summed E-state index contributed by atoms with van der Waals surface area (Å²) >= 11 is 0. The van der Waals surface area contributed by atoms with Gasteiger partial charge in [-0.1, -0.05) is 6.92 Å². The zero-order valence-electron chi connectivity index (χ0n) is 8.14. The van der Waals surface area contributed by atoms with Gasteiger partial charge in [0.25, 0.3) is 0 Å². The molecule has 1 aliphatic heterocycles. The van der Waals surface area contributed by atoms with Gasteiger partial charge in [-0.05, 0) is 32.4 Å². The molecule has 0 saturated carbocycles. The van der Waals surface area contributed by atoms with Gasteiger partial charge in [0.1, 0.15) is 0 Å². The second-order valence-electron chi connectivity index (χ2n) is 3.34. The van der Waals surface area contributed by atoms with Gasteiger partial charge in [-0.25, -0.2) is 0 Å². The van der Waals surface area contributed by atoms with E-state index in [1.54, 1.807) is 0 Å². The molecule has 0 aromatic heterocycles. The van der Waals surface area contributed by atoms with Crippen LogP contribution in [0.5, 0.6) is 0 Å². The molecule has 0 aliphatic carbocycles. The highest BCUT2D eigenvalue weighted by Crippen LogP contribution is 2.02. The number of halogens is 1. The van der Waals surface area contributed by atoms with Crippen molar-refractivity contribution in [3.63, 3.8) is 0 Å². The lowest BCUT2D eigenvalue weighted by atomic mass is 10.1. The van der Waals surface area contributed by atoms with Crippen LogP contribution in [0.1, 0.15) is 32.6 Å².